The second kappa shape index (κ2) is 9.71. The molecule has 3 aromatic rings. The van der Waals surface area contributed by atoms with E-state index in [9.17, 15) is 20.0 Å². The summed E-state index contributed by atoms with van der Waals surface area (Å²) in [7, 11) is 0. The third kappa shape index (κ3) is 5.33. The van der Waals surface area contributed by atoms with Crippen LogP contribution in [0.3, 0.4) is 0 Å². The number of nitriles is 1. The molecule has 0 aliphatic carbocycles. The van der Waals surface area contributed by atoms with E-state index in [1.165, 1.54) is 18.2 Å². The molecule has 0 unspecified atom stereocenters. The van der Waals surface area contributed by atoms with Crippen LogP contribution in [0.25, 0.3) is 6.08 Å². The standard InChI is InChI=1S/C24H18N2O4/c25-15-19(23(27)26-22-9-5-4-8-21(22)24(28)29)14-17-10-12-20(13-11-17)30-16-18-6-2-1-3-7-18/h1-14H,16H2,(H,26,27)(H,28,29)/b19-14+. The minimum absolute atomic E-state index is 0.0527. The second-order valence-electron chi connectivity index (χ2n) is 6.32. The van der Waals surface area contributed by atoms with Crippen molar-refractivity contribution in [2.45, 2.75) is 6.61 Å². The van der Waals surface area contributed by atoms with Crippen molar-refractivity contribution >= 4 is 23.6 Å². The van der Waals surface area contributed by atoms with E-state index in [1.54, 1.807) is 36.4 Å². The van der Waals surface area contributed by atoms with E-state index < -0.39 is 11.9 Å². The minimum atomic E-state index is -1.17. The number of anilines is 1. The molecular formula is C24H18N2O4. The van der Waals surface area contributed by atoms with Crippen LogP contribution in [0.5, 0.6) is 5.75 Å². The average molecular weight is 398 g/mol. The van der Waals surface area contributed by atoms with Crippen LogP contribution in [0, 0.1) is 11.3 Å². The van der Waals surface area contributed by atoms with Crippen LogP contribution >= 0.6 is 0 Å². The van der Waals surface area contributed by atoms with E-state index in [0.717, 1.165) is 5.56 Å². The third-order valence-electron chi connectivity index (χ3n) is 4.21. The highest BCUT2D eigenvalue weighted by atomic mass is 16.5. The number of rotatable bonds is 7. The van der Waals surface area contributed by atoms with Crippen molar-refractivity contribution in [1.82, 2.24) is 0 Å². The van der Waals surface area contributed by atoms with Crippen molar-refractivity contribution in [2.24, 2.45) is 0 Å². The molecule has 0 spiro atoms. The summed E-state index contributed by atoms with van der Waals surface area (Å²) in [6.07, 6.45) is 1.43. The zero-order valence-electron chi connectivity index (χ0n) is 15.9. The van der Waals surface area contributed by atoms with Crippen LogP contribution in [0.4, 0.5) is 5.69 Å². The van der Waals surface area contributed by atoms with Gasteiger partial charge in [0.1, 0.15) is 24.0 Å². The van der Waals surface area contributed by atoms with Gasteiger partial charge in [-0.3, -0.25) is 4.79 Å². The monoisotopic (exact) mass is 398 g/mol. The summed E-state index contributed by atoms with van der Waals surface area (Å²) < 4.78 is 5.72. The maximum atomic E-state index is 12.4. The average Bonchev–Trinajstić information content (AvgIpc) is 2.77. The van der Waals surface area contributed by atoms with Crippen molar-refractivity contribution in [3.8, 4) is 11.8 Å². The summed E-state index contributed by atoms with van der Waals surface area (Å²) >= 11 is 0. The molecule has 0 saturated carbocycles. The van der Waals surface area contributed by atoms with E-state index >= 15 is 0 Å². The fourth-order valence-electron chi connectivity index (χ4n) is 2.68. The van der Waals surface area contributed by atoms with Gasteiger partial charge in [0, 0.05) is 0 Å². The lowest BCUT2D eigenvalue weighted by Gasteiger charge is -2.08. The van der Waals surface area contributed by atoms with Gasteiger partial charge in [-0.2, -0.15) is 5.26 Å². The summed E-state index contributed by atoms with van der Waals surface area (Å²) in [5, 5.41) is 21.0. The number of nitrogens with zero attached hydrogens (tertiary/aromatic N) is 1. The summed E-state index contributed by atoms with van der Waals surface area (Å²) in [4.78, 5) is 23.7. The van der Waals surface area contributed by atoms with Crippen molar-refractivity contribution in [3.05, 3.63) is 101 Å². The number of carbonyl (C=O) groups excluding carboxylic acids is 1. The Morgan fingerprint density at radius 2 is 1.63 bits per heavy atom. The second-order valence-corrected chi connectivity index (χ2v) is 6.32. The van der Waals surface area contributed by atoms with Gasteiger partial charge >= 0.3 is 5.97 Å². The van der Waals surface area contributed by atoms with Crippen LogP contribution in [0.2, 0.25) is 0 Å². The number of para-hydroxylation sites is 1. The molecule has 3 rings (SSSR count). The first-order chi connectivity index (χ1) is 14.6. The topological polar surface area (TPSA) is 99.4 Å². The van der Waals surface area contributed by atoms with Gasteiger partial charge in [-0.15, -0.1) is 0 Å². The smallest absolute Gasteiger partial charge is 0.337 e. The first-order valence-corrected chi connectivity index (χ1v) is 9.09. The lowest BCUT2D eigenvalue weighted by molar-refractivity contribution is -0.112. The first-order valence-electron chi connectivity index (χ1n) is 9.09. The van der Waals surface area contributed by atoms with Crippen LogP contribution in [-0.2, 0) is 11.4 Å². The number of carboxylic acids is 1. The summed E-state index contributed by atoms with van der Waals surface area (Å²) in [6.45, 7) is 0.435. The third-order valence-corrected chi connectivity index (χ3v) is 4.21. The molecule has 148 valence electrons. The fourth-order valence-corrected chi connectivity index (χ4v) is 2.68. The Bertz CT molecular complexity index is 1110. The molecule has 6 nitrogen and oxygen atoms in total. The zero-order valence-corrected chi connectivity index (χ0v) is 15.9. The molecule has 6 heteroatoms. The van der Waals surface area contributed by atoms with Gasteiger partial charge in [-0.1, -0.05) is 54.6 Å². The first kappa shape index (κ1) is 20.4. The number of benzene rings is 3. The highest BCUT2D eigenvalue weighted by Crippen LogP contribution is 2.18. The predicted molar refractivity (Wildman–Crippen MR) is 113 cm³/mol. The molecule has 0 aliphatic heterocycles. The Hall–Kier alpha value is -4.37. The Balaban J connectivity index is 1.69. The molecule has 0 aliphatic rings. The van der Waals surface area contributed by atoms with E-state index in [-0.39, 0.29) is 16.8 Å². The summed E-state index contributed by atoms with van der Waals surface area (Å²) in [5.74, 6) is -1.19. The lowest BCUT2D eigenvalue weighted by Crippen LogP contribution is -2.16. The fraction of sp³-hybridized carbons (Fsp3) is 0.0417. The van der Waals surface area contributed by atoms with Gasteiger partial charge in [-0.05, 0) is 41.5 Å². The van der Waals surface area contributed by atoms with Crippen molar-refractivity contribution in [3.63, 3.8) is 0 Å². The molecule has 0 heterocycles. The Morgan fingerprint density at radius 3 is 2.30 bits per heavy atom. The molecule has 0 bridgehead atoms. The number of amides is 1. The highest BCUT2D eigenvalue weighted by Gasteiger charge is 2.14. The molecule has 1 amide bonds. The lowest BCUT2D eigenvalue weighted by atomic mass is 10.1. The SMILES string of the molecule is N#C/C(=C\c1ccc(OCc2ccccc2)cc1)C(=O)Nc1ccccc1C(=O)O. The molecule has 0 saturated heterocycles. The Labute approximate surface area is 173 Å². The Kier molecular flexibility index (Phi) is 6.59. The van der Waals surface area contributed by atoms with Crippen LogP contribution in [0.15, 0.2) is 84.4 Å². The van der Waals surface area contributed by atoms with E-state index in [2.05, 4.69) is 5.32 Å². The zero-order chi connectivity index (χ0) is 21.3. The van der Waals surface area contributed by atoms with Gasteiger partial charge in [-0.25, -0.2) is 4.79 Å². The quantitative estimate of drug-likeness (QED) is 0.451. The van der Waals surface area contributed by atoms with E-state index in [0.29, 0.717) is 17.9 Å². The molecule has 2 N–H and O–H groups in total. The largest absolute Gasteiger partial charge is 0.489 e. The van der Waals surface area contributed by atoms with Crippen LogP contribution in [-0.4, -0.2) is 17.0 Å². The molecular weight excluding hydrogens is 380 g/mol. The Morgan fingerprint density at radius 1 is 0.967 bits per heavy atom. The highest BCUT2D eigenvalue weighted by molar-refractivity contribution is 6.11. The number of carbonyl (C=O) groups is 2. The number of hydrogen-bond acceptors (Lipinski definition) is 4. The van der Waals surface area contributed by atoms with E-state index in [4.69, 9.17) is 4.74 Å². The molecule has 3 aromatic carbocycles. The van der Waals surface area contributed by atoms with Gasteiger partial charge in [0.05, 0.1) is 11.3 Å². The molecule has 0 radical (unpaired) electrons. The van der Waals surface area contributed by atoms with Crippen LogP contribution < -0.4 is 10.1 Å². The van der Waals surface area contributed by atoms with Crippen molar-refractivity contribution < 1.29 is 19.4 Å². The number of hydrogen-bond donors (Lipinski definition) is 2. The molecule has 0 fully saturated rings. The van der Waals surface area contributed by atoms with Crippen molar-refractivity contribution in [2.75, 3.05) is 5.32 Å². The summed E-state index contributed by atoms with van der Waals surface area (Å²) in [5.41, 5.74) is 1.61. The molecule has 0 atom stereocenters. The van der Waals surface area contributed by atoms with Crippen LogP contribution in [0.1, 0.15) is 21.5 Å². The number of carboxylic acid groups (broad SMARTS) is 1. The number of nitrogens with one attached hydrogen (secondary N) is 1. The van der Waals surface area contributed by atoms with Gasteiger partial charge in [0.25, 0.3) is 5.91 Å². The maximum Gasteiger partial charge on any atom is 0.337 e. The number of aromatic carboxylic acids is 1. The normalized spacial score (nSPS) is 10.7. The minimum Gasteiger partial charge on any atom is -0.489 e. The van der Waals surface area contributed by atoms with Crippen molar-refractivity contribution in [1.29, 1.82) is 5.26 Å². The van der Waals surface area contributed by atoms with E-state index in [1.807, 2.05) is 36.4 Å². The molecule has 0 aromatic heterocycles. The summed E-state index contributed by atoms with van der Waals surface area (Å²) in [6, 6.07) is 24.6. The molecule has 30 heavy (non-hydrogen) atoms. The maximum absolute atomic E-state index is 12.4. The number of ether oxygens (including phenoxy) is 1. The predicted octanol–water partition coefficient (Wildman–Crippen LogP) is 4.51. The van der Waals surface area contributed by atoms with Gasteiger partial charge < -0.3 is 15.2 Å². The van der Waals surface area contributed by atoms with Gasteiger partial charge in [0.15, 0.2) is 0 Å². The van der Waals surface area contributed by atoms with Gasteiger partial charge in [0.2, 0.25) is 0 Å².